The molecule has 1 aliphatic rings. The van der Waals surface area contributed by atoms with Crippen LogP contribution in [0.25, 0.3) is 0 Å². The first-order valence-corrected chi connectivity index (χ1v) is 8.83. The fourth-order valence-electron chi connectivity index (χ4n) is 2.84. The number of quaternary nitrogens is 1. The number of carbonyl (C=O) groups excluding carboxylic acids is 2. The van der Waals surface area contributed by atoms with Crippen LogP contribution in [0.15, 0.2) is 48.5 Å². The van der Waals surface area contributed by atoms with Crippen LogP contribution in [0.2, 0.25) is 0 Å². The first-order valence-electron chi connectivity index (χ1n) is 7.75. The Kier molecular flexibility index (Phi) is 5.25. The van der Waals surface area contributed by atoms with Gasteiger partial charge in [0.25, 0.3) is 5.91 Å². The quantitative estimate of drug-likeness (QED) is 0.572. The van der Waals surface area contributed by atoms with Gasteiger partial charge in [0.05, 0.1) is 18.7 Å². The second kappa shape index (κ2) is 7.40. The van der Waals surface area contributed by atoms with Crippen LogP contribution in [0.1, 0.15) is 12.0 Å². The van der Waals surface area contributed by atoms with Crippen molar-refractivity contribution in [3.63, 3.8) is 0 Å². The molecule has 2 amide bonds. The third-order valence-corrected chi connectivity index (χ3v) is 4.81. The van der Waals surface area contributed by atoms with Crippen LogP contribution >= 0.6 is 22.6 Å². The Labute approximate surface area is 153 Å². The van der Waals surface area contributed by atoms with E-state index in [9.17, 15) is 14.0 Å². The highest BCUT2D eigenvalue weighted by Gasteiger charge is 2.41. The molecule has 1 aliphatic heterocycles. The Morgan fingerprint density at radius 3 is 2.54 bits per heavy atom. The van der Waals surface area contributed by atoms with Gasteiger partial charge < -0.3 is 5.32 Å². The first-order chi connectivity index (χ1) is 11.6. The minimum Gasteiger partial charge on any atom is -0.335 e. The Hall–Kier alpha value is -1.80. The smallest absolute Gasteiger partial charge is 0.292 e. The zero-order valence-corrected chi connectivity index (χ0v) is 15.1. The first kappa shape index (κ1) is 17.0. The summed E-state index contributed by atoms with van der Waals surface area (Å²) in [5.74, 6) is -0.622. The summed E-state index contributed by atoms with van der Waals surface area (Å²) < 4.78 is 14.6. The topological polar surface area (TPSA) is 54.0 Å². The van der Waals surface area contributed by atoms with E-state index in [-0.39, 0.29) is 24.1 Å². The second-order valence-electron chi connectivity index (χ2n) is 5.72. The monoisotopic (exact) mass is 439 g/mol. The lowest BCUT2D eigenvalue weighted by atomic mass is 10.1. The van der Waals surface area contributed by atoms with Crippen molar-refractivity contribution < 1.29 is 19.3 Å². The van der Waals surface area contributed by atoms with Gasteiger partial charge in [-0.2, -0.15) is 0 Å². The molecule has 4 nitrogen and oxygen atoms in total. The molecule has 2 aromatic carbocycles. The highest BCUT2D eigenvalue weighted by molar-refractivity contribution is 14.1. The minimum absolute atomic E-state index is 0.183. The van der Waals surface area contributed by atoms with Crippen LogP contribution in [-0.2, 0) is 16.0 Å². The average Bonchev–Trinajstić information content (AvgIpc) is 2.84. The van der Waals surface area contributed by atoms with Crippen molar-refractivity contribution in [3.05, 3.63) is 63.5 Å². The van der Waals surface area contributed by atoms with Gasteiger partial charge in [-0.25, -0.2) is 9.29 Å². The molecule has 1 heterocycles. The summed E-state index contributed by atoms with van der Waals surface area (Å²) in [4.78, 5) is 25.9. The van der Waals surface area contributed by atoms with Crippen molar-refractivity contribution in [2.75, 3.05) is 11.4 Å². The molecule has 0 aliphatic carbocycles. The second-order valence-corrected chi connectivity index (χ2v) is 6.97. The summed E-state index contributed by atoms with van der Waals surface area (Å²) in [6.07, 6.45) is 0.705. The van der Waals surface area contributed by atoms with Crippen molar-refractivity contribution in [3.8, 4) is 0 Å². The van der Waals surface area contributed by atoms with Crippen LogP contribution in [0, 0.1) is 9.39 Å². The Balaban J connectivity index is 1.62. The van der Waals surface area contributed by atoms with Crippen molar-refractivity contribution in [2.45, 2.75) is 18.9 Å². The highest BCUT2D eigenvalue weighted by atomic mass is 127. The number of hydrogen-bond acceptors (Lipinski definition) is 2. The summed E-state index contributed by atoms with van der Waals surface area (Å²) in [7, 11) is 0. The molecule has 0 bridgehead atoms. The molecular weight excluding hydrogens is 422 g/mol. The maximum atomic E-state index is 13.6. The molecule has 1 fully saturated rings. The third-order valence-electron chi connectivity index (χ3n) is 4.09. The summed E-state index contributed by atoms with van der Waals surface area (Å²) in [6.45, 7) is 0.561. The van der Waals surface area contributed by atoms with E-state index >= 15 is 0 Å². The zero-order valence-electron chi connectivity index (χ0n) is 12.9. The molecule has 124 valence electrons. The number of carbonyl (C=O) groups is 2. The lowest BCUT2D eigenvalue weighted by Gasteiger charge is -2.14. The van der Waals surface area contributed by atoms with Gasteiger partial charge in [0.2, 0.25) is 5.91 Å². The maximum Gasteiger partial charge on any atom is 0.292 e. The molecule has 6 heteroatoms. The van der Waals surface area contributed by atoms with E-state index in [1.165, 1.54) is 11.0 Å². The molecule has 3 rings (SSSR count). The van der Waals surface area contributed by atoms with Crippen molar-refractivity contribution in [2.24, 2.45) is 0 Å². The third kappa shape index (κ3) is 3.64. The molecule has 0 aromatic heterocycles. The van der Waals surface area contributed by atoms with Crippen LogP contribution in [0.3, 0.4) is 0 Å². The Morgan fingerprint density at radius 1 is 1.12 bits per heavy atom. The number of rotatable bonds is 5. The van der Waals surface area contributed by atoms with E-state index in [4.69, 9.17) is 0 Å². The van der Waals surface area contributed by atoms with Crippen LogP contribution < -0.4 is 10.2 Å². The number of benzene rings is 2. The van der Waals surface area contributed by atoms with Gasteiger partial charge in [-0.3, -0.25) is 9.59 Å². The molecule has 0 unspecified atom stereocenters. The fourth-order valence-corrected chi connectivity index (χ4v) is 3.20. The van der Waals surface area contributed by atoms with Gasteiger partial charge in [-0.15, -0.1) is 0 Å². The van der Waals surface area contributed by atoms with Crippen LogP contribution in [0.4, 0.5) is 10.1 Å². The van der Waals surface area contributed by atoms with Gasteiger partial charge in [-0.05, 0) is 58.5 Å². The van der Waals surface area contributed by atoms with Gasteiger partial charge in [0.15, 0.2) is 6.04 Å². The van der Waals surface area contributed by atoms with Gasteiger partial charge in [0, 0.05) is 9.99 Å². The molecule has 2 N–H and O–H groups in total. The summed E-state index contributed by atoms with van der Waals surface area (Å²) in [5.41, 5.74) is 1.23. The molecular formula is C18H17FIN2O2+. The molecule has 2 aromatic rings. The lowest BCUT2D eigenvalue weighted by Crippen LogP contribution is -2.92. The van der Waals surface area contributed by atoms with E-state index < -0.39 is 6.04 Å². The number of anilines is 1. The van der Waals surface area contributed by atoms with Gasteiger partial charge >= 0.3 is 0 Å². The van der Waals surface area contributed by atoms with E-state index in [1.54, 1.807) is 30.3 Å². The normalized spacial score (nSPS) is 17.6. The van der Waals surface area contributed by atoms with Crippen LogP contribution in [-0.4, -0.2) is 24.4 Å². The lowest BCUT2D eigenvalue weighted by molar-refractivity contribution is -0.674. The molecule has 0 radical (unpaired) electrons. The number of hydrogen-bond donors (Lipinski definition) is 1. The molecule has 24 heavy (non-hydrogen) atoms. The maximum absolute atomic E-state index is 13.6. The van der Waals surface area contributed by atoms with Crippen molar-refractivity contribution >= 4 is 40.1 Å². The van der Waals surface area contributed by atoms with Gasteiger partial charge in [0.1, 0.15) is 5.82 Å². The van der Waals surface area contributed by atoms with E-state index in [1.807, 2.05) is 17.4 Å². The average molecular weight is 439 g/mol. The number of amides is 2. The number of nitrogens with zero attached hydrogens (tertiary/aromatic N) is 1. The predicted molar refractivity (Wildman–Crippen MR) is 97.0 cm³/mol. The van der Waals surface area contributed by atoms with Crippen LogP contribution in [0.5, 0.6) is 0 Å². The molecule has 1 saturated heterocycles. The molecule has 1 atom stereocenters. The summed E-state index contributed by atoms with van der Waals surface area (Å²) in [6, 6.07) is 13.5. The Morgan fingerprint density at radius 2 is 1.83 bits per heavy atom. The summed E-state index contributed by atoms with van der Waals surface area (Å²) in [5, 5.41) is 1.83. The number of nitrogens with two attached hydrogens (primary N) is 1. The van der Waals surface area contributed by atoms with E-state index in [0.717, 1.165) is 3.57 Å². The minimum atomic E-state index is -0.427. The Bertz CT molecular complexity index is 764. The highest BCUT2D eigenvalue weighted by Crippen LogP contribution is 2.22. The van der Waals surface area contributed by atoms with Crippen molar-refractivity contribution in [1.29, 1.82) is 0 Å². The van der Waals surface area contributed by atoms with Crippen molar-refractivity contribution in [1.82, 2.24) is 0 Å². The SMILES string of the molecule is O=C1C[C@H]([NH2+]CCc2ccccc2F)C(=O)N1c1ccc(I)cc1. The predicted octanol–water partition coefficient (Wildman–Crippen LogP) is 1.87. The largest absolute Gasteiger partial charge is 0.335 e. The number of imide groups is 1. The molecule has 0 saturated carbocycles. The standard InChI is InChI=1S/C18H16FIN2O2/c19-15-4-2-1-3-12(15)9-10-21-16-11-17(23)22(18(16)24)14-7-5-13(20)6-8-14/h1-8,16,21H,9-11H2/p+1/t16-/m0/s1. The summed E-state index contributed by atoms with van der Waals surface area (Å²) >= 11 is 2.18. The fraction of sp³-hybridized carbons (Fsp3) is 0.222. The van der Waals surface area contributed by atoms with Gasteiger partial charge in [-0.1, -0.05) is 18.2 Å². The van der Waals surface area contributed by atoms with E-state index in [0.29, 0.717) is 24.2 Å². The molecule has 0 spiro atoms. The number of halogens is 2. The van der Waals surface area contributed by atoms with E-state index in [2.05, 4.69) is 22.6 Å². The zero-order chi connectivity index (χ0) is 17.1.